The van der Waals surface area contributed by atoms with Gasteiger partial charge < -0.3 is 15.3 Å². The number of nitrogens with zero attached hydrogens (tertiary/aromatic N) is 1. The summed E-state index contributed by atoms with van der Waals surface area (Å²) in [6.07, 6.45) is 2.30. The number of amides is 2. The maximum Gasteiger partial charge on any atom is 0.248 e. The summed E-state index contributed by atoms with van der Waals surface area (Å²) in [6, 6.07) is 9.85. The largest absolute Gasteiger partial charge is 0.387 e. The molecule has 3 rings (SSSR count). The summed E-state index contributed by atoms with van der Waals surface area (Å²) in [5.74, 6) is -0.233. The highest BCUT2D eigenvalue weighted by Gasteiger charge is 2.46. The summed E-state index contributed by atoms with van der Waals surface area (Å²) < 4.78 is 0. The molecular weight excluding hydrogens is 268 g/mol. The Balaban J connectivity index is 1.69. The van der Waals surface area contributed by atoms with Gasteiger partial charge in [0.25, 0.3) is 0 Å². The minimum Gasteiger partial charge on any atom is -0.387 e. The molecule has 112 valence electrons. The van der Waals surface area contributed by atoms with E-state index in [9.17, 15) is 9.59 Å². The number of piperidine rings is 1. The average molecular weight is 288 g/mol. The standard InChI is InChI=1S/C16H20N2O3/c19-11-14(20)18-8-6-16(7-9-18)10-13(15(21)17-16)12-4-2-1-3-5-12/h1-5,13,19H,6-11H2,(H,17,21). The number of carbonyl (C=O) groups is 2. The number of aliphatic hydroxyl groups is 1. The first-order valence-electron chi connectivity index (χ1n) is 7.39. The lowest BCUT2D eigenvalue weighted by Gasteiger charge is -2.39. The van der Waals surface area contributed by atoms with Crippen LogP contribution in [0.4, 0.5) is 0 Å². The number of hydrogen-bond donors (Lipinski definition) is 2. The molecular formula is C16H20N2O3. The van der Waals surface area contributed by atoms with Gasteiger partial charge in [0, 0.05) is 18.6 Å². The van der Waals surface area contributed by atoms with Crippen LogP contribution in [0.25, 0.3) is 0 Å². The van der Waals surface area contributed by atoms with Crippen LogP contribution in [0.5, 0.6) is 0 Å². The zero-order valence-electron chi connectivity index (χ0n) is 11.9. The van der Waals surface area contributed by atoms with Crippen LogP contribution in [0, 0.1) is 0 Å². The summed E-state index contributed by atoms with van der Waals surface area (Å²) in [6.45, 7) is 0.758. The Morgan fingerprint density at radius 2 is 1.95 bits per heavy atom. The van der Waals surface area contributed by atoms with Crippen LogP contribution in [0.2, 0.25) is 0 Å². The SMILES string of the molecule is O=C1NC2(CCN(C(=O)CO)CC2)CC1c1ccccc1. The number of hydrogen-bond acceptors (Lipinski definition) is 3. The van der Waals surface area contributed by atoms with E-state index in [1.54, 1.807) is 4.90 Å². The van der Waals surface area contributed by atoms with E-state index in [2.05, 4.69) is 5.32 Å². The predicted octanol–water partition coefficient (Wildman–Crippen LogP) is 0.644. The average Bonchev–Trinajstić information content (AvgIpc) is 2.84. The second kappa shape index (κ2) is 5.48. The lowest BCUT2D eigenvalue weighted by atomic mass is 9.82. The van der Waals surface area contributed by atoms with E-state index >= 15 is 0 Å². The highest BCUT2D eigenvalue weighted by Crippen LogP contribution is 2.39. The van der Waals surface area contributed by atoms with Crippen LogP contribution < -0.4 is 5.32 Å². The van der Waals surface area contributed by atoms with E-state index in [0.717, 1.165) is 24.8 Å². The van der Waals surface area contributed by atoms with Crippen molar-refractivity contribution in [2.24, 2.45) is 0 Å². The fraction of sp³-hybridized carbons (Fsp3) is 0.500. The molecule has 2 heterocycles. The molecule has 1 aromatic carbocycles. The van der Waals surface area contributed by atoms with E-state index in [4.69, 9.17) is 5.11 Å². The molecule has 2 amide bonds. The molecule has 1 atom stereocenters. The topological polar surface area (TPSA) is 69.6 Å². The van der Waals surface area contributed by atoms with E-state index < -0.39 is 6.61 Å². The summed E-state index contributed by atoms with van der Waals surface area (Å²) in [7, 11) is 0. The fourth-order valence-corrected chi connectivity index (χ4v) is 3.45. The third-order valence-corrected chi connectivity index (χ3v) is 4.71. The maximum atomic E-state index is 12.3. The summed E-state index contributed by atoms with van der Waals surface area (Å²) >= 11 is 0. The van der Waals surface area contributed by atoms with Crippen molar-refractivity contribution in [2.45, 2.75) is 30.7 Å². The van der Waals surface area contributed by atoms with Crippen LogP contribution in [0.1, 0.15) is 30.7 Å². The van der Waals surface area contributed by atoms with Crippen LogP contribution in [0.3, 0.4) is 0 Å². The zero-order chi connectivity index (χ0) is 14.9. The molecule has 0 aromatic heterocycles. The number of rotatable bonds is 2. The van der Waals surface area contributed by atoms with Gasteiger partial charge >= 0.3 is 0 Å². The Morgan fingerprint density at radius 1 is 1.29 bits per heavy atom. The van der Waals surface area contributed by atoms with Crippen molar-refractivity contribution in [1.82, 2.24) is 10.2 Å². The van der Waals surface area contributed by atoms with Gasteiger partial charge in [0.15, 0.2) is 0 Å². The number of likely N-dealkylation sites (tertiary alicyclic amines) is 1. The van der Waals surface area contributed by atoms with Crippen molar-refractivity contribution < 1.29 is 14.7 Å². The molecule has 2 aliphatic heterocycles. The lowest BCUT2D eigenvalue weighted by molar-refractivity contribution is -0.135. The van der Waals surface area contributed by atoms with E-state index in [0.29, 0.717) is 13.1 Å². The predicted molar refractivity (Wildman–Crippen MR) is 77.6 cm³/mol. The van der Waals surface area contributed by atoms with Gasteiger partial charge in [0.1, 0.15) is 6.61 Å². The fourth-order valence-electron chi connectivity index (χ4n) is 3.45. The molecule has 0 radical (unpaired) electrons. The first-order chi connectivity index (χ1) is 10.1. The van der Waals surface area contributed by atoms with Crippen molar-refractivity contribution in [3.8, 4) is 0 Å². The first-order valence-corrected chi connectivity index (χ1v) is 7.39. The van der Waals surface area contributed by atoms with Gasteiger partial charge in [-0.2, -0.15) is 0 Å². The second-order valence-corrected chi connectivity index (χ2v) is 5.98. The van der Waals surface area contributed by atoms with E-state index in [1.165, 1.54) is 0 Å². The quantitative estimate of drug-likeness (QED) is 0.839. The Labute approximate surface area is 123 Å². The van der Waals surface area contributed by atoms with Gasteiger partial charge in [0.2, 0.25) is 11.8 Å². The molecule has 0 bridgehead atoms. The molecule has 5 heteroatoms. The number of nitrogens with one attached hydrogen (secondary N) is 1. The van der Waals surface area contributed by atoms with Crippen molar-refractivity contribution in [3.63, 3.8) is 0 Å². The molecule has 2 saturated heterocycles. The third-order valence-electron chi connectivity index (χ3n) is 4.71. The Morgan fingerprint density at radius 3 is 2.57 bits per heavy atom. The minimum absolute atomic E-state index is 0.0862. The van der Waals surface area contributed by atoms with Gasteiger partial charge in [0.05, 0.1) is 5.92 Å². The van der Waals surface area contributed by atoms with Crippen molar-refractivity contribution in [1.29, 1.82) is 0 Å². The molecule has 1 aromatic rings. The normalized spacial score (nSPS) is 24.1. The molecule has 2 fully saturated rings. The van der Waals surface area contributed by atoms with Crippen molar-refractivity contribution in [2.75, 3.05) is 19.7 Å². The van der Waals surface area contributed by atoms with Gasteiger partial charge in [-0.15, -0.1) is 0 Å². The molecule has 0 aliphatic carbocycles. The molecule has 2 N–H and O–H groups in total. The van der Waals surface area contributed by atoms with Crippen LogP contribution in [-0.4, -0.2) is 47.1 Å². The number of carbonyl (C=O) groups excluding carboxylic acids is 2. The van der Waals surface area contributed by atoms with Gasteiger partial charge in [-0.1, -0.05) is 30.3 Å². The molecule has 1 unspecified atom stereocenters. The molecule has 2 aliphatic rings. The van der Waals surface area contributed by atoms with Crippen LogP contribution in [-0.2, 0) is 9.59 Å². The summed E-state index contributed by atoms with van der Waals surface area (Å²) in [5, 5.41) is 12.1. The summed E-state index contributed by atoms with van der Waals surface area (Å²) in [5.41, 5.74) is 0.866. The van der Waals surface area contributed by atoms with Gasteiger partial charge in [-0.05, 0) is 24.8 Å². The van der Waals surface area contributed by atoms with Crippen molar-refractivity contribution in [3.05, 3.63) is 35.9 Å². The molecule has 21 heavy (non-hydrogen) atoms. The number of benzene rings is 1. The Kier molecular flexibility index (Phi) is 3.68. The van der Waals surface area contributed by atoms with Gasteiger partial charge in [-0.25, -0.2) is 0 Å². The molecule has 5 nitrogen and oxygen atoms in total. The zero-order valence-corrected chi connectivity index (χ0v) is 11.9. The van der Waals surface area contributed by atoms with Gasteiger partial charge in [-0.3, -0.25) is 9.59 Å². The maximum absolute atomic E-state index is 12.3. The highest BCUT2D eigenvalue weighted by atomic mass is 16.3. The monoisotopic (exact) mass is 288 g/mol. The van der Waals surface area contributed by atoms with E-state index in [1.807, 2.05) is 30.3 Å². The van der Waals surface area contributed by atoms with Crippen molar-refractivity contribution >= 4 is 11.8 Å². The van der Waals surface area contributed by atoms with Crippen LogP contribution in [0.15, 0.2) is 30.3 Å². The van der Waals surface area contributed by atoms with E-state index in [-0.39, 0.29) is 23.3 Å². The molecule has 0 saturated carbocycles. The first kappa shape index (κ1) is 14.1. The number of aliphatic hydroxyl groups excluding tert-OH is 1. The second-order valence-electron chi connectivity index (χ2n) is 5.98. The minimum atomic E-state index is -0.438. The highest BCUT2D eigenvalue weighted by molar-refractivity contribution is 5.87. The third kappa shape index (κ3) is 2.65. The lowest BCUT2D eigenvalue weighted by Crippen LogP contribution is -2.52. The summed E-state index contributed by atoms with van der Waals surface area (Å²) in [4.78, 5) is 25.5. The Bertz CT molecular complexity index is 536. The smallest absolute Gasteiger partial charge is 0.248 e. The van der Waals surface area contributed by atoms with Crippen LogP contribution >= 0.6 is 0 Å². The molecule has 1 spiro atoms. The Hall–Kier alpha value is -1.88.